The first-order valence-corrected chi connectivity index (χ1v) is 8.32. The Bertz CT molecular complexity index is 781. The predicted molar refractivity (Wildman–Crippen MR) is 81.5 cm³/mol. The largest absolute Gasteiger partial charge is 0.478 e. The molecule has 5 nitrogen and oxygen atoms in total. The average Bonchev–Trinajstić information content (AvgIpc) is 2.53. The lowest BCUT2D eigenvalue weighted by atomic mass is 10.1. The van der Waals surface area contributed by atoms with Crippen molar-refractivity contribution in [3.63, 3.8) is 0 Å². The second-order valence-electron chi connectivity index (χ2n) is 4.88. The van der Waals surface area contributed by atoms with Crippen molar-refractivity contribution in [3.05, 3.63) is 65.2 Å². The minimum absolute atomic E-state index is 0.120. The highest BCUT2D eigenvalue weighted by molar-refractivity contribution is 7.91. The first-order valence-electron chi connectivity index (χ1n) is 6.67. The Labute approximate surface area is 128 Å². The molecule has 0 aliphatic heterocycles. The van der Waals surface area contributed by atoms with E-state index < -0.39 is 15.8 Å². The summed E-state index contributed by atoms with van der Waals surface area (Å²) in [7, 11) is -3.48. The summed E-state index contributed by atoms with van der Waals surface area (Å²) in [6, 6.07) is 12.4. The molecule has 0 bridgehead atoms. The average molecular weight is 320 g/mol. The van der Waals surface area contributed by atoms with Crippen LogP contribution in [0.4, 0.5) is 0 Å². The maximum absolute atomic E-state index is 12.3. The number of sulfone groups is 1. The normalized spacial score (nSPS) is 11.3. The van der Waals surface area contributed by atoms with Crippen LogP contribution in [0.5, 0.6) is 0 Å². The van der Waals surface area contributed by atoms with Crippen LogP contribution >= 0.6 is 0 Å². The first kappa shape index (κ1) is 16.2. The Balaban J connectivity index is 2.15. The lowest BCUT2D eigenvalue weighted by Crippen LogP contribution is -2.10. The molecule has 116 valence electrons. The predicted octanol–water partition coefficient (Wildman–Crippen LogP) is 1.89. The van der Waals surface area contributed by atoms with Crippen molar-refractivity contribution in [2.75, 3.05) is 5.75 Å². The van der Waals surface area contributed by atoms with Crippen molar-refractivity contribution in [2.45, 2.75) is 17.9 Å². The Morgan fingerprint density at radius 3 is 2.36 bits per heavy atom. The second-order valence-corrected chi connectivity index (χ2v) is 6.99. The Kier molecular flexibility index (Phi) is 4.95. The van der Waals surface area contributed by atoms with Crippen molar-refractivity contribution < 1.29 is 23.4 Å². The Morgan fingerprint density at radius 2 is 1.68 bits per heavy atom. The fraction of sp³-hybridized carbons (Fsp3) is 0.188. The van der Waals surface area contributed by atoms with Crippen molar-refractivity contribution in [3.8, 4) is 0 Å². The summed E-state index contributed by atoms with van der Waals surface area (Å²) in [5, 5.41) is 18.0. The molecule has 0 atom stereocenters. The molecule has 0 unspecified atom stereocenters. The maximum Gasteiger partial charge on any atom is 0.335 e. The zero-order chi connectivity index (χ0) is 16.2. The van der Waals surface area contributed by atoms with Gasteiger partial charge in [-0.25, -0.2) is 13.2 Å². The van der Waals surface area contributed by atoms with E-state index in [0.29, 0.717) is 11.1 Å². The lowest BCUT2D eigenvalue weighted by Gasteiger charge is -2.07. The quantitative estimate of drug-likeness (QED) is 0.848. The minimum Gasteiger partial charge on any atom is -0.478 e. The van der Waals surface area contributed by atoms with Crippen LogP contribution in [0.2, 0.25) is 0 Å². The molecule has 0 fully saturated rings. The monoisotopic (exact) mass is 320 g/mol. The molecule has 2 aromatic carbocycles. The molecule has 2 rings (SSSR count). The van der Waals surface area contributed by atoms with Gasteiger partial charge in [-0.3, -0.25) is 0 Å². The van der Waals surface area contributed by atoms with Gasteiger partial charge in [-0.1, -0.05) is 24.3 Å². The summed E-state index contributed by atoms with van der Waals surface area (Å²) in [5.74, 6) is -1.16. The molecule has 0 aromatic heterocycles. The van der Waals surface area contributed by atoms with E-state index in [9.17, 15) is 13.2 Å². The molecule has 0 aliphatic rings. The zero-order valence-corrected chi connectivity index (χ0v) is 12.6. The van der Waals surface area contributed by atoms with E-state index in [0.717, 1.165) is 0 Å². The number of aryl methyl sites for hydroxylation is 1. The number of hydrogen-bond acceptors (Lipinski definition) is 4. The molecule has 22 heavy (non-hydrogen) atoms. The highest BCUT2D eigenvalue weighted by atomic mass is 32.2. The summed E-state index contributed by atoms with van der Waals surface area (Å²) < 4.78 is 24.6. The van der Waals surface area contributed by atoms with Crippen LogP contribution in [0.25, 0.3) is 0 Å². The number of aliphatic hydroxyl groups excluding tert-OH is 1. The van der Waals surface area contributed by atoms with Crippen molar-refractivity contribution in [2.24, 2.45) is 0 Å². The number of rotatable bonds is 6. The number of hydrogen-bond donors (Lipinski definition) is 2. The van der Waals surface area contributed by atoms with Gasteiger partial charge in [0.15, 0.2) is 9.84 Å². The van der Waals surface area contributed by atoms with Gasteiger partial charge in [-0.05, 0) is 41.8 Å². The van der Waals surface area contributed by atoms with Gasteiger partial charge in [0.05, 0.1) is 22.8 Å². The van der Waals surface area contributed by atoms with E-state index in [-0.39, 0.29) is 29.2 Å². The highest BCUT2D eigenvalue weighted by Crippen LogP contribution is 2.15. The van der Waals surface area contributed by atoms with Gasteiger partial charge in [0.2, 0.25) is 0 Å². The van der Waals surface area contributed by atoms with Crippen molar-refractivity contribution in [1.82, 2.24) is 0 Å². The summed E-state index contributed by atoms with van der Waals surface area (Å²) >= 11 is 0. The third-order valence-corrected chi connectivity index (χ3v) is 4.99. The fourth-order valence-electron chi connectivity index (χ4n) is 2.07. The minimum atomic E-state index is -3.48. The molecular formula is C16H16O5S. The van der Waals surface area contributed by atoms with Gasteiger partial charge in [0.25, 0.3) is 0 Å². The number of benzene rings is 2. The molecule has 2 aromatic rings. The van der Waals surface area contributed by atoms with Crippen LogP contribution in [0.3, 0.4) is 0 Å². The summed E-state index contributed by atoms with van der Waals surface area (Å²) in [6.45, 7) is -0.218. The van der Waals surface area contributed by atoms with Crippen LogP contribution < -0.4 is 0 Å². The van der Waals surface area contributed by atoms with E-state index in [1.165, 1.54) is 24.3 Å². The third-order valence-electron chi connectivity index (χ3n) is 3.27. The second kappa shape index (κ2) is 6.72. The number of carboxylic acid groups (broad SMARTS) is 1. The number of aliphatic hydroxyl groups is 1. The van der Waals surface area contributed by atoms with E-state index >= 15 is 0 Å². The van der Waals surface area contributed by atoms with Crippen LogP contribution in [-0.4, -0.2) is 30.4 Å². The molecule has 0 saturated carbocycles. The third kappa shape index (κ3) is 3.93. The van der Waals surface area contributed by atoms with E-state index in [1.54, 1.807) is 24.3 Å². The molecule has 0 radical (unpaired) electrons. The van der Waals surface area contributed by atoms with Crippen LogP contribution in [0.1, 0.15) is 21.5 Å². The van der Waals surface area contributed by atoms with Gasteiger partial charge in [-0.2, -0.15) is 0 Å². The van der Waals surface area contributed by atoms with Gasteiger partial charge in [-0.15, -0.1) is 0 Å². The molecule has 0 spiro atoms. The SMILES string of the molecule is O=C(O)c1cccc(CCS(=O)(=O)c2cccc(CO)c2)c1. The smallest absolute Gasteiger partial charge is 0.335 e. The summed E-state index contributed by atoms with van der Waals surface area (Å²) in [6.07, 6.45) is 0.229. The standard InChI is InChI=1S/C16H16O5S/c17-11-13-4-2-6-15(10-13)22(20,21)8-7-12-3-1-5-14(9-12)16(18)19/h1-6,9-10,17H,7-8,11H2,(H,18,19). The highest BCUT2D eigenvalue weighted by Gasteiger charge is 2.15. The molecular weight excluding hydrogens is 304 g/mol. The number of aromatic carboxylic acids is 1. The maximum atomic E-state index is 12.3. The molecule has 0 amide bonds. The molecule has 0 saturated heterocycles. The van der Waals surface area contributed by atoms with Gasteiger partial charge in [0, 0.05) is 0 Å². The fourth-order valence-corrected chi connectivity index (χ4v) is 3.42. The molecule has 0 aliphatic carbocycles. The van der Waals surface area contributed by atoms with Crippen LogP contribution in [0.15, 0.2) is 53.4 Å². The summed E-state index contributed by atoms with van der Waals surface area (Å²) in [4.78, 5) is 11.1. The zero-order valence-electron chi connectivity index (χ0n) is 11.8. The van der Waals surface area contributed by atoms with Crippen LogP contribution in [-0.2, 0) is 22.9 Å². The van der Waals surface area contributed by atoms with Gasteiger partial charge >= 0.3 is 5.97 Å². The lowest BCUT2D eigenvalue weighted by molar-refractivity contribution is 0.0696. The molecule has 6 heteroatoms. The topological polar surface area (TPSA) is 91.7 Å². The van der Waals surface area contributed by atoms with Crippen LogP contribution in [0, 0.1) is 0 Å². The van der Waals surface area contributed by atoms with Crippen molar-refractivity contribution in [1.29, 1.82) is 0 Å². The van der Waals surface area contributed by atoms with E-state index in [4.69, 9.17) is 10.2 Å². The van der Waals surface area contributed by atoms with Crippen molar-refractivity contribution >= 4 is 15.8 Å². The first-order chi connectivity index (χ1) is 10.4. The van der Waals surface area contributed by atoms with Gasteiger partial charge < -0.3 is 10.2 Å². The van der Waals surface area contributed by atoms with Gasteiger partial charge in [0.1, 0.15) is 0 Å². The number of carboxylic acids is 1. The molecule has 0 heterocycles. The van der Waals surface area contributed by atoms with E-state index in [2.05, 4.69) is 0 Å². The Hall–Kier alpha value is -2.18. The van der Waals surface area contributed by atoms with E-state index in [1.807, 2.05) is 0 Å². The molecule has 2 N–H and O–H groups in total. The summed E-state index contributed by atoms with van der Waals surface area (Å²) in [5.41, 5.74) is 1.33. The Morgan fingerprint density at radius 1 is 1.00 bits per heavy atom. The number of carbonyl (C=O) groups is 1.